The zero-order chi connectivity index (χ0) is 24.8. The number of rotatable bonds is 10. The number of carbonyl (C=O) groups is 2. The number of benzene rings is 2. The lowest BCUT2D eigenvalue weighted by atomic mass is 10.1. The second kappa shape index (κ2) is 11.7. The molecule has 2 aromatic rings. The summed E-state index contributed by atoms with van der Waals surface area (Å²) in [6, 6.07) is 9.28. The van der Waals surface area contributed by atoms with Gasteiger partial charge in [0.15, 0.2) is 0 Å². The highest BCUT2D eigenvalue weighted by molar-refractivity contribution is 7.92. The summed E-state index contributed by atoms with van der Waals surface area (Å²) in [5.41, 5.74) is 0.210. The van der Waals surface area contributed by atoms with Gasteiger partial charge in [0.1, 0.15) is 18.4 Å². The van der Waals surface area contributed by atoms with Gasteiger partial charge in [-0.05, 0) is 31.5 Å². The normalized spacial score (nSPS) is 12.2. The first-order valence-electron chi connectivity index (χ1n) is 10.2. The van der Waals surface area contributed by atoms with Crippen LogP contribution in [-0.2, 0) is 26.2 Å². The van der Waals surface area contributed by atoms with Crippen molar-refractivity contribution < 1.29 is 22.4 Å². The van der Waals surface area contributed by atoms with Crippen LogP contribution in [0.2, 0.25) is 10.0 Å². The summed E-state index contributed by atoms with van der Waals surface area (Å²) in [7, 11) is -3.96. The Morgan fingerprint density at radius 3 is 2.39 bits per heavy atom. The fourth-order valence-corrected chi connectivity index (χ4v) is 4.37. The van der Waals surface area contributed by atoms with Crippen LogP contribution in [0, 0.1) is 5.82 Å². The smallest absolute Gasteiger partial charge is 0.244 e. The van der Waals surface area contributed by atoms with Gasteiger partial charge in [-0.25, -0.2) is 12.8 Å². The number of hydrogen-bond donors (Lipinski definition) is 1. The Bertz CT molecular complexity index is 1110. The van der Waals surface area contributed by atoms with E-state index in [9.17, 15) is 22.4 Å². The number of amides is 2. The second-order valence-corrected chi connectivity index (χ2v) is 10.1. The van der Waals surface area contributed by atoms with Gasteiger partial charge in [-0.3, -0.25) is 13.9 Å². The highest BCUT2D eigenvalue weighted by atomic mass is 35.5. The van der Waals surface area contributed by atoms with E-state index in [-0.39, 0.29) is 27.8 Å². The van der Waals surface area contributed by atoms with Crippen molar-refractivity contribution in [1.82, 2.24) is 10.2 Å². The van der Waals surface area contributed by atoms with Crippen molar-refractivity contribution in [1.29, 1.82) is 0 Å². The molecule has 2 aromatic carbocycles. The molecule has 0 aromatic heterocycles. The SMILES string of the molecule is CCCNC(=O)[C@H](C)N(Cc1ccccc1F)C(=O)CN(c1cccc(Cl)c1Cl)S(C)(=O)=O. The molecule has 0 heterocycles. The molecule has 1 atom stereocenters. The van der Waals surface area contributed by atoms with E-state index in [0.717, 1.165) is 15.5 Å². The van der Waals surface area contributed by atoms with Gasteiger partial charge < -0.3 is 10.2 Å². The van der Waals surface area contributed by atoms with Crippen molar-refractivity contribution >= 4 is 50.7 Å². The highest BCUT2D eigenvalue weighted by Gasteiger charge is 2.31. The minimum absolute atomic E-state index is 0.0222. The topological polar surface area (TPSA) is 86.8 Å². The standard InChI is InChI=1S/C22H26Cl2FN3O4S/c1-4-12-26-22(30)15(2)27(13-16-8-5-6-10-18(16)25)20(29)14-28(33(3,31)32)19-11-7-9-17(23)21(19)24/h5-11,15H,4,12-14H2,1-3H3,(H,26,30)/t15-/m0/s1. The number of nitrogens with one attached hydrogen (secondary N) is 1. The molecule has 0 aliphatic carbocycles. The zero-order valence-electron chi connectivity index (χ0n) is 18.5. The summed E-state index contributed by atoms with van der Waals surface area (Å²) in [5, 5.41) is 2.78. The third kappa shape index (κ3) is 7.06. The fraction of sp³-hybridized carbons (Fsp3) is 0.364. The number of hydrogen-bond acceptors (Lipinski definition) is 4. The summed E-state index contributed by atoms with van der Waals surface area (Å²) < 4.78 is 40.2. The van der Waals surface area contributed by atoms with E-state index < -0.39 is 40.2 Å². The lowest BCUT2D eigenvalue weighted by molar-refractivity contribution is -0.139. The molecule has 0 unspecified atom stereocenters. The van der Waals surface area contributed by atoms with E-state index in [1.54, 1.807) is 6.07 Å². The van der Waals surface area contributed by atoms with Gasteiger partial charge in [-0.1, -0.05) is 54.4 Å². The Hall–Kier alpha value is -2.36. The van der Waals surface area contributed by atoms with Crippen molar-refractivity contribution in [2.45, 2.75) is 32.9 Å². The second-order valence-electron chi connectivity index (χ2n) is 7.42. The molecule has 1 N–H and O–H groups in total. The highest BCUT2D eigenvalue weighted by Crippen LogP contribution is 2.33. The van der Waals surface area contributed by atoms with Crippen LogP contribution in [0.5, 0.6) is 0 Å². The summed E-state index contributed by atoms with van der Waals surface area (Å²) in [4.78, 5) is 27.1. The van der Waals surface area contributed by atoms with Gasteiger partial charge in [-0.15, -0.1) is 0 Å². The molecule has 0 saturated heterocycles. The molecular weight excluding hydrogens is 492 g/mol. The van der Waals surface area contributed by atoms with Crippen LogP contribution in [-0.4, -0.2) is 50.5 Å². The molecule has 180 valence electrons. The predicted octanol–water partition coefficient (Wildman–Crippen LogP) is 3.84. The van der Waals surface area contributed by atoms with E-state index in [4.69, 9.17) is 23.2 Å². The molecule has 7 nitrogen and oxygen atoms in total. The van der Waals surface area contributed by atoms with Crippen molar-refractivity contribution in [2.24, 2.45) is 0 Å². The lowest BCUT2D eigenvalue weighted by Gasteiger charge is -2.31. The molecule has 33 heavy (non-hydrogen) atoms. The van der Waals surface area contributed by atoms with Crippen molar-refractivity contribution in [2.75, 3.05) is 23.7 Å². The molecule has 0 saturated carbocycles. The molecule has 0 fully saturated rings. The Balaban J connectivity index is 2.43. The molecule has 2 amide bonds. The summed E-state index contributed by atoms with van der Waals surface area (Å²) in [6.45, 7) is 2.90. The molecule has 0 aliphatic rings. The quantitative estimate of drug-likeness (QED) is 0.518. The van der Waals surface area contributed by atoms with Crippen molar-refractivity contribution in [3.05, 3.63) is 63.9 Å². The van der Waals surface area contributed by atoms with E-state index in [1.807, 2.05) is 6.92 Å². The molecule has 0 bridgehead atoms. The first-order chi connectivity index (χ1) is 15.5. The van der Waals surface area contributed by atoms with Crippen LogP contribution in [0.25, 0.3) is 0 Å². The minimum Gasteiger partial charge on any atom is -0.354 e. The Morgan fingerprint density at radius 2 is 1.79 bits per heavy atom. The lowest BCUT2D eigenvalue weighted by Crippen LogP contribution is -2.51. The maximum Gasteiger partial charge on any atom is 0.244 e. The summed E-state index contributed by atoms with van der Waals surface area (Å²) in [5.74, 6) is -1.69. The number of carbonyl (C=O) groups excluding carboxylic acids is 2. The number of nitrogens with zero attached hydrogens (tertiary/aromatic N) is 2. The third-order valence-corrected chi connectivity index (χ3v) is 6.83. The van der Waals surface area contributed by atoms with Gasteiger partial charge in [0.2, 0.25) is 21.8 Å². The van der Waals surface area contributed by atoms with Crippen LogP contribution in [0.1, 0.15) is 25.8 Å². The predicted molar refractivity (Wildman–Crippen MR) is 128 cm³/mol. The van der Waals surface area contributed by atoms with Crippen LogP contribution >= 0.6 is 23.2 Å². The maximum atomic E-state index is 14.3. The first-order valence-corrected chi connectivity index (χ1v) is 12.8. The average molecular weight is 518 g/mol. The van der Waals surface area contributed by atoms with E-state index in [1.165, 1.54) is 43.3 Å². The van der Waals surface area contributed by atoms with Gasteiger partial charge in [0.05, 0.1) is 22.0 Å². The third-order valence-electron chi connectivity index (χ3n) is 4.89. The van der Waals surface area contributed by atoms with Crippen LogP contribution < -0.4 is 9.62 Å². The van der Waals surface area contributed by atoms with E-state index in [0.29, 0.717) is 13.0 Å². The molecular formula is C22H26Cl2FN3O4S. The molecule has 11 heteroatoms. The van der Waals surface area contributed by atoms with Gasteiger partial charge >= 0.3 is 0 Å². The maximum absolute atomic E-state index is 14.3. The first kappa shape index (κ1) is 26.9. The molecule has 0 spiro atoms. The largest absolute Gasteiger partial charge is 0.354 e. The Kier molecular flexibility index (Phi) is 9.51. The van der Waals surface area contributed by atoms with Crippen LogP contribution in [0.3, 0.4) is 0 Å². The zero-order valence-corrected chi connectivity index (χ0v) is 20.8. The van der Waals surface area contributed by atoms with Gasteiger partial charge in [-0.2, -0.15) is 0 Å². The van der Waals surface area contributed by atoms with Crippen molar-refractivity contribution in [3.63, 3.8) is 0 Å². The van der Waals surface area contributed by atoms with Crippen LogP contribution in [0.4, 0.5) is 10.1 Å². The Morgan fingerprint density at radius 1 is 1.12 bits per heavy atom. The minimum atomic E-state index is -3.96. The number of sulfonamides is 1. The molecule has 0 aliphatic heterocycles. The van der Waals surface area contributed by atoms with E-state index in [2.05, 4.69) is 5.32 Å². The average Bonchev–Trinajstić information content (AvgIpc) is 2.76. The number of anilines is 1. The number of halogens is 3. The van der Waals surface area contributed by atoms with Gasteiger partial charge in [0.25, 0.3) is 0 Å². The molecule has 0 radical (unpaired) electrons. The van der Waals surface area contributed by atoms with Crippen molar-refractivity contribution in [3.8, 4) is 0 Å². The summed E-state index contributed by atoms with van der Waals surface area (Å²) >= 11 is 12.2. The fourth-order valence-electron chi connectivity index (χ4n) is 3.07. The molecule has 2 rings (SSSR count). The van der Waals surface area contributed by atoms with Crippen LogP contribution in [0.15, 0.2) is 42.5 Å². The summed E-state index contributed by atoms with van der Waals surface area (Å²) in [6.07, 6.45) is 1.62. The van der Waals surface area contributed by atoms with Gasteiger partial charge in [0, 0.05) is 18.7 Å². The monoisotopic (exact) mass is 517 g/mol. The Labute approximate surface area is 203 Å². The van der Waals surface area contributed by atoms with E-state index >= 15 is 0 Å².